The third kappa shape index (κ3) is 3.02. The molecule has 0 radical (unpaired) electrons. The second-order valence-corrected chi connectivity index (χ2v) is 5.20. The summed E-state index contributed by atoms with van der Waals surface area (Å²) in [5, 5.41) is 7.72. The number of halogens is 2. The second kappa shape index (κ2) is 6.37. The second-order valence-electron chi connectivity index (χ2n) is 4.79. The van der Waals surface area contributed by atoms with Gasteiger partial charge in [0.25, 0.3) is 0 Å². The molecular weight excluding hydrogens is 277 g/mol. The fourth-order valence-corrected chi connectivity index (χ4v) is 2.48. The van der Waals surface area contributed by atoms with Crippen molar-refractivity contribution in [2.24, 2.45) is 7.05 Å². The van der Waals surface area contributed by atoms with E-state index in [0.29, 0.717) is 12.0 Å². The maximum atomic E-state index is 14.1. The number of aromatic nitrogens is 2. The highest BCUT2D eigenvalue weighted by Gasteiger charge is 2.18. The molecule has 0 saturated heterocycles. The van der Waals surface area contributed by atoms with Gasteiger partial charge in [0, 0.05) is 30.8 Å². The number of likely N-dealkylation sites (N-methyl/N-ethyl adjacent to an activating group) is 1. The Bertz CT molecular complexity index is 595. The van der Waals surface area contributed by atoms with Gasteiger partial charge in [0.15, 0.2) is 0 Å². The SMILES string of the molecule is CCc1cc(CC(NC)c2cccc(Cl)c2F)n(C)n1. The van der Waals surface area contributed by atoms with Gasteiger partial charge in [-0.1, -0.05) is 30.7 Å². The van der Waals surface area contributed by atoms with Gasteiger partial charge < -0.3 is 5.32 Å². The molecule has 0 saturated carbocycles. The molecule has 1 aromatic carbocycles. The normalized spacial score (nSPS) is 12.7. The summed E-state index contributed by atoms with van der Waals surface area (Å²) in [4.78, 5) is 0. The van der Waals surface area contributed by atoms with Crippen LogP contribution >= 0.6 is 11.6 Å². The molecule has 1 aromatic heterocycles. The van der Waals surface area contributed by atoms with Gasteiger partial charge in [-0.25, -0.2) is 4.39 Å². The number of hydrogen-bond donors (Lipinski definition) is 1. The minimum Gasteiger partial charge on any atom is -0.313 e. The third-order valence-electron chi connectivity index (χ3n) is 3.51. The highest BCUT2D eigenvalue weighted by Crippen LogP contribution is 2.25. The molecule has 108 valence electrons. The first kappa shape index (κ1) is 15.0. The predicted octanol–water partition coefficient (Wildman–Crippen LogP) is 3.28. The van der Waals surface area contributed by atoms with Crippen LogP contribution < -0.4 is 5.32 Å². The molecule has 1 atom stereocenters. The number of benzene rings is 1. The summed E-state index contributed by atoms with van der Waals surface area (Å²) < 4.78 is 16.0. The highest BCUT2D eigenvalue weighted by molar-refractivity contribution is 6.30. The Morgan fingerprint density at radius 3 is 2.80 bits per heavy atom. The topological polar surface area (TPSA) is 29.9 Å². The van der Waals surface area contributed by atoms with Crippen molar-refractivity contribution in [3.05, 3.63) is 52.1 Å². The van der Waals surface area contributed by atoms with E-state index in [4.69, 9.17) is 11.6 Å². The summed E-state index contributed by atoms with van der Waals surface area (Å²) in [7, 11) is 3.73. The van der Waals surface area contributed by atoms with Crippen molar-refractivity contribution in [1.82, 2.24) is 15.1 Å². The van der Waals surface area contributed by atoms with Crippen molar-refractivity contribution in [1.29, 1.82) is 0 Å². The standard InChI is InChI=1S/C15H19ClFN3/c1-4-10-8-11(20(3)19-10)9-14(18-2)12-6-5-7-13(16)15(12)17/h5-8,14,18H,4,9H2,1-3H3. The molecule has 0 amide bonds. The lowest BCUT2D eigenvalue weighted by Crippen LogP contribution is -2.21. The fraction of sp³-hybridized carbons (Fsp3) is 0.400. The van der Waals surface area contributed by atoms with E-state index >= 15 is 0 Å². The van der Waals surface area contributed by atoms with Crippen molar-refractivity contribution in [3.63, 3.8) is 0 Å². The van der Waals surface area contributed by atoms with Gasteiger partial charge >= 0.3 is 0 Å². The van der Waals surface area contributed by atoms with Crippen LogP contribution in [0.3, 0.4) is 0 Å². The lowest BCUT2D eigenvalue weighted by atomic mass is 10.0. The third-order valence-corrected chi connectivity index (χ3v) is 3.80. The zero-order valence-corrected chi connectivity index (χ0v) is 12.7. The number of nitrogens with zero attached hydrogens (tertiary/aromatic N) is 2. The molecule has 0 aliphatic carbocycles. The maximum absolute atomic E-state index is 14.1. The molecule has 0 bridgehead atoms. The monoisotopic (exact) mass is 295 g/mol. The molecule has 0 fully saturated rings. The summed E-state index contributed by atoms with van der Waals surface area (Å²) in [6.07, 6.45) is 1.56. The molecule has 1 unspecified atom stereocenters. The lowest BCUT2D eigenvalue weighted by molar-refractivity contribution is 0.520. The molecule has 5 heteroatoms. The van der Waals surface area contributed by atoms with E-state index in [-0.39, 0.29) is 16.9 Å². The Morgan fingerprint density at radius 1 is 1.45 bits per heavy atom. The van der Waals surface area contributed by atoms with Crippen molar-refractivity contribution < 1.29 is 4.39 Å². The van der Waals surface area contributed by atoms with Gasteiger partial charge in [0.2, 0.25) is 0 Å². The van der Waals surface area contributed by atoms with E-state index in [1.54, 1.807) is 18.2 Å². The lowest BCUT2D eigenvalue weighted by Gasteiger charge is -2.17. The van der Waals surface area contributed by atoms with E-state index in [9.17, 15) is 4.39 Å². The zero-order valence-electron chi connectivity index (χ0n) is 12.0. The summed E-state index contributed by atoms with van der Waals surface area (Å²) in [5.41, 5.74) is 2.70. The Balaban J connectivity index is 2.28. The maximum Gasteiger partial charge on any atom is 0.146 e. The summed E-state index contributed by atoms with van der Waals surface area (Å²) in [5.74, 6) is -0.355. The van der Waals surface area contributed by atoms with Crippen LogP contribution in [-0.4, -0.2) is 16.8 Å². The van der Waals surface area contributed by atoms with E-state index in [0.717, 1.165) is 17.8 Å². The summed E-state index contributed by atoms with van der Waals surface area (Å²) >= 11 is 5.86. The minimum atomic E-state index is -0.355. The molecule has 2 rings (SSSR count). The van der Waals surface area contributed by atoms with Crippen molar-refractivity contribution >= 4 is 11.6 Å². The number of rotatable bonds is 5. The van der Waals surface area contributed by atoms with Crippen molar-refractivity contribution in [2.45, 2.75) is 25.8 Å². The molecular formula is C15H19ClFN3. The van der Waals surface area contributed by atoms with Crippen LogP contribution in [0.1, 0.15) is 29.9 Å². The summed E-state index contributed by atoms with van der Waals surface area (Å²) in [6, 6.07) is 7.03. The molecule has 0 spiro atoms. The van der Waals surface area contributed by atoms with Gasteiger partial charge in [-0.05, 0) is 25.6 Å². The first-order valence-corrected chi connectivity index (χ1v) is 7.07. The highest BCUT2D eigenvalue weighted by atomic mass is 35.5. The van der Waals surface area contributed by atoms with Crippen LogP contribution in [0, 0.1) is 5.82 Å². The van der Waals surface area contributed by atoms with Crippen molar-refractivity contribution in [2.75, 3.05) is 7.05 Å². The van der Waals surface area contributed by atoms with E-state index < -0.39 is 0 Å². The fourth-order valence-electron chi connectivity index (χ4n) is 2.30. The first-order chi connectivity index (χ1) is 9.56. The van der Waals surface area contributed by atoms with Crippen molar-refractivity contribution in [3.8, 4) is 0 Å². The summed E-state index contributed by atoms with van der Waals surface area (Å²) in [6.45, 7) is 2.07. The van der Waals surface area contributed by atoms with Gasteiger partial charge in [-0.15, -0.1) is 0 Å². The number of aryl methyl sites for hydroxylation is 2. The van der Waals surface area contributed by atoms with E-state index in [1.807, 2.05) is 18.8 Å². The molecule has 3 nitrogen and oxygen atoms in total. The quantitative estimate of drug-likeness (QED) is 0.917. The zero-order chi connectivity index (χ0) is 14.7. The Morgan fingerprint density at radius 2 is 2.20 bits per heavy atom. The molecule has 0 aliphatic heterocycles. The molecule has 20 heavy (non-hydrogen) atoms. The van der Waals surface area contributed by atoms with Crippen LogP contribution in [0.4, 0.5) is 4.39 Å². The van der Waals surface area contributed by atoms with Gasteiger partial charge in [0.05, 0.1) is 10.7 Å². The average Bonchev–Trinajstić information content (AvgIpc) is 2.80. The van der Waals surface area contributed by atoms with Gasteiger partial charge in [-0.3, -0.25) is 4.68 Å². The Labute approximate surface area is 123 Å². The average molecular weight is 296 g/mol. The van der Waals surface area contributed by atoms with Crippen LogP contribution in [0.5, 0.6) is 0 Å². The Kier molecular flexibility index (Phi) is 4.78. The Hall–Kier alpha value is -1.39. The smallest absolute Gasteiger partial charge is 0.146 e. The number of hydrogen-bond acceptors (Lipinski definition) is 2. The van der Waals surface area contributed by atoms with Gasteiger partial charge in [-0.2, -0.15) is 5.10 Å². The van der Waals surface area contributed by atoms with Gasteiger partial charge in [0.1, 0.15) is 5.82 Å². The first-order valence-electron chi connectivity index (χ1n) is 6.69. The number of nitrogens with one attached hydrogen (secondary N) is 1. The van der Waals surface area contributed by atoms with Crippen LogP contribution in [0.25, 0.3) is 0 Å². The molecule has 0 aliphatic rings. The van der Waals surface area contributed by atoms with E-state index in [1.165, 1.54) is 0 Å². The minimum absolute atomic E-state index is 0.131. The van der Waals surface area contributed by atoms with Crippen LogP contribution in [0.2, 0.25) is 5.02 Å². The largest absolute Gasteiger partial charge is 0.313 e. The van der Waals surface area contributed by atoms with Crippen LogP contribution in [-0.2, 0) is 19.9 Å². The molecule has 1 heterocycles. The molecule has 1 N–H and O–H groups in total. The molecule has 2 aromatic rings. The van der Waals surface area contributed by atoms with Crippen LogP contribution in [0.15, 0.2) is 24.3 Å². The predicted molar refractivity (Wildman–Crippen MR) is 79.5 cm³/mol. The van der Waals surface area contributed by atoms with E-state index in [2.05, 4.69) is 23.4 Å².